The van der Waals surface area contributed by atoms with Gasteiger partial charge in [0.15, 0.2) is 0 Å². The Bertz CT molecular complexity index is 400. The van der Waals surface area contributed by atoms with Gasteiger partial charge in [0, 0.05) is 11.7 Å². The second-order valence-electron chi connectivity index (χ2n) is 6.32. The third-order valence-electron chi connectivity index (χ3n) is 3.34. The standard InChI is InChI=1S/C16H25NO/c1-12-11-14(18-16(2,3)4)9-10-15(12)17-13-7-5-6-8-13/h9-11,13,17H,5-8H2,1-4H3. The van der Waals surface area contributed by atoms with Crippen molar-refractivity contribution in [1.82, 2.24) is 0 Å². The average Bonchev–Trinajstić information content (AvgIpc) is 2.72. The zero-order chi connectivity index (χ0) is 13.2. The maximum absolute atomic E-state index is 5.88. The lowest BCUT2D eigenvalue weighted by molar-refractivity contribution is 0.131. The van der Waals surface area contributed by atoms with Crippen LogP contribution in [0.1, 0.15) is 52.0 Å². The Labute approximate surface area is 111 Å². The summed E-state index contributed by atoms with van der Waals surface area (Å²) in [6.07, 6.45) is 5.34. The van der Waals surface area contributed by atoms with Crippen molar-refractivity contribution >= 4 is 5.69 Å². The van der Waals surface area contributed by atoms with Crippen molar-refractivity contribution < 1.29 is 4.74 Å². The molecular weight excluding hydrogens is 222 g/mol. The van der Waals surface area contributed by atoms with Gasteiger partial charge in [-0.1, -0.05) is 12.8 Å². The quantitative estimate of drug-likeness (QED) is 0.847. The summed E-state index contributed by atoms with van der Waals surface area (Å²) in [4.78, 5) is 0. The molecule has 0 radical (unpaired) electrons. The van der Waals surface area contributed by atoms with Crippen LogP contribution in [0.15, 0.2) is 18.2 Å². The predicted octanol–water partition coefficient (Wildman–Crippen LogP) is 4.53. The molecule has 1 fully saturated rings. The highest BCUT2D eigenvalue weighted by atomic mass is 16.5. The van der Waals surface area contributed by atoms with E-state index >= 15 is 0 Å². The number of hydrogen-bond donors (Lipinski definition) is 1. The molecule has 0 saturated heterocycles. The molecule has 1 saturated carbocycles. The zero-order valence-corrected chi connectivity index (χ0v) is 12.0. The molecule has 2 rings (SSSR count). The van der Waals surface area contributed by atoms with Crippen LogP contribution in [0, 0.1) is 6.92 Å². The van der Waals surface area contributed by atoms with Crippen LogP contribution >= 0.6 is 0 Å². The van der Waals surface area contributed by atoms with Gasteiger partial charge in [-0.15, -0.1) is 0 Å². The molecule has 1 N–H and O–H groups in total. The van der Waals surface area contributed by atoms with Gasteiger partial charge in [-0.3, -0.25) is 0 Å². The Morgan fingerprint density at radius 3 is 2.39 bits per heavy atom. The molecule has 0 amide bonds. The van der Waals surface area contributed by atoms with E-state index < -0.39 is 0 Å². The minimum absolute atomic E-state index is 0.132. The van der Waals surface area contributed by atoms with Crippen LogP contribution in [0.25, 0.3) is 0 Å². The van der Waals surface area contributed by atoms with E-state index in [-0.39, 0.29) is 5.60 Å². The molecular formula is C16H25NO. The van der Waals surface area contributed by atoms with Crippen LogP contribution in [0.2, 0.25) is 0 Å². The number of rotatable bonds is 3. The van der Waals surface area contributed by atoms with Crippen LogP contribution in [-0.2, 0) is 0 Å². The number of anilines is 1. The van der Waals surface area contributed by atoms with Gasteiger partial charge in [-0.2, -0.15) is 0 Å². The van der Waals surface area contributed by atoms with Crippen LogP contribution in [0.4, 0.5) is 5.69 Å². The van der Waals surface area contributed by atoms with Crippen molar-refractivity contribution in [3.05, 3.63) is 23.8 Å². The topological polar surface area (TPSA) is 21.3 Å². The Kier molecular flexibility index (Phi) is 3.84. The highest BCUT2D eigenvalue weighted by molar-refractivity contribution is 5.54. The van der Waals surface area contributed by atoms with Gasteiger partial charge < -0.3 is 10.1 Å². The monoisotopic (exact) mass is 247 g/mol. The molecule has 0 aromatic heterocycles. The summed E-state index contributed by atoms with van der Waals surface area (Å²) in [7, 11) is 0. The van der Waals surface area contributed by atoms with Crippen molar-refractivity contribution in [3.8, 4) is 5.75 Å². The lowest BCUT2D eigenvalue weighted by atomic mass is 10.1. The summed E-state index contributed by atoms with van der Waals surface area (Å²) >= 11 is 0. The van der Waals surface area contributed by atoms with Gasteiger partial charge in [0.1, 0.15) is 11.4 Å². The first-order valence-electron chi connectivity index (χ1n) is 7.00. The fourth-order valence-corrected chi connectivity index (χ4v) is 2.51. The Balaban J connectivity index is 2.04. The third-order valence-corrected chi connectivity index (χ3v) is 3.34. The summed E-state index contributed by atoms with van der Waals surface area (Å²) in [5.41, 5.74) is 2.39. The number of nitrogens with one attached hydrogen (secondary N) is 1. The Morgan fingerprint density at radius 2 is 1.83 bits per heavy atom. The van der Waals surface area contributed by atoms with Crippen molar-refractivity contribution in [3.63, 3.8) is 0 Å². The Morgan fingerprint density at radius 1 is 1.17 bits per heavy atom. The first-order valence-corrected chi connectivity index (χ1v) is 7.00. The fraction of sp³-hybridized carbons (Fsp3) is 0.625. The van der Waals surface area contributed by atoms with Gasteiger partial charge >= 0.3 is 0 Å². The molecule has 1 aliphatic rings. The van der Waals surface area contributed by atoms with Gasteiger partial charge in [0.05, 0.1) is 0 Å². The van der Waals surface area contributed by atoms with Crippen molar-refractivity contribution in [1.29, 1.82) is 0 Å². The van der Waals surface area contributed by atoms with Gasteiger partial charge in [0.2, 0.25) is 0 Å². The SMILES string of the molecule is Cc1cc(OC(C)(C)C)ccc1NC1CCCC1. The number of ether oxygens (including phenoxy) is 1. The highest BCUT2D eigenvalue weighted by Crippen LogP contribution is 2.27. The van der Waals surface area contributed by atoms with E-state index in [1.807, 2.05) is 0 Å². The fourth-order valence-electron chi connectivity index (χ4n) is 2.51. The first kappa shape index (κ1) is 13.3. The van der Waals surface area contributed by atoms with E-state index in [0.29, 0.717) is 6.04 Å². The zero-order valence-electron chi connectivity index (χ0n) is 12.0. The third kappa shape index (κ3) is 3.66. The molecule has 0 atom stereocenters. The van der Waals surface area contributed by atoms with Crippen LogP contribution in [0.5, 0.6) is 5.75 Å². The van der Waals surface area contributed by atoms with Crippen molar-refractivity contribution in [2.24, 2.45) is 0 Å². The van der Waals surface area contributed by atoms with E-state index in [9.17, 15) is 0 Å². The Hall–Kier alpha value is -1.18. The van der Waals surface area contributed by atoms with Gasteiger partial charge in [0.25, 0.3) is 0 Å². The van der Waals surface area contributed by atoms with Crippen molar-refractivity contribution in [2.75, 3.05) is 5.32 Å². The summed E-state index contributed by atoms with van der Waals surface area (Å²) in [5, 5.41) is 3.64. The maximum Gasteiger partial charge on any atom is 0.120 e. The van der Waals surface area contributed by atoms with E-state index in [1.165, 1.54) is 36.9 Å². The smallest absolute Gasteiger partial charge is 0.120 e. The first-order chi connectivity index (χ1) is 8.44. The molecule has 0 unspecified atom stereocenters. The molecule has 2 nitrogen and oxygen atoms in total. The molecule has 1 aliphatic carbocycles. The normalized spacial score (nSPS) is 16.9. The average molecular weight is 247 g/mol. The molecule has 2 heteroatoms. The number of benzene rings is 1. The van der Waals surface area contributed by atoms with Gasteiger partial charge in [-0.05, 0) is 64.3 Å². The molecule has 0 aliphatic heterocycles. The molecule has 0 spiro atoms. The summed E-state index contributed by atoms with van der Waals surface area (Å²) in [6, 6.07) is 7.00. The molecule has 0 heterocycles. The van der Waals surface area contributed by atoms with Crippen LogP contribution in [0.3, 0.4) is 0 Å². The van der Waals surface area contributed by atoms with Gasteiger partial charge in [-0.25, -0.2) is 0 Å². The maximum atomic E-state index is 5.88. The molecule has 1 aromatic carbocycles. The minimum Gasteiger partial charge on any atom is -0.488 e. The summed E-state index contributed by atoms with van der Waals surface area (Å²) in [6.45, 7) is 8.37. The van der Waals surface area contributed by atoms with Crippen LogP contribution < -0.4 is 10.1 Å². The van der Waals surface area contributed by atoms with E-state index in [2.05, 4.69) is 51.2 Å². The molecule has 18 heavy (non-hydrogen) atoms. The summed E-state index contributed by atoms with van der Waals surface area (Å²) < 4.78 is 5.88. The number of aryl methyl sites for hydroxylation is 1. The summed E-state index contributed by atoms with van der Waals surface area (Å²) in [5.74, 6) is 0.956. The molecule has 0 bridgehead atoms. The molecule has 100 valence electrons. The lowest BCUT2D eigenvalue weighted by Gasteiger charge is -2.22. The second-order valence-corrected chi connectivity index (χ2v) is 6.32. The molecule has 1 aromatic rings. The van der Waals surface area contributed by atoms with Crippen LogP contribution in [-0.4, -0.2) is 11.6 Å². The second kappa shape index (κ2) is 5.21. The number of hydrogen-bond acceptors (Lipinski definition) is 2. The van der Waals surface area contributed by atoms with E-state index in [1.54, 1.807) is 0 Å². The predicted molar refractivity (Wildman–Crippen MR) is 77.4 cm³/mol. The largest absolute Gasteiger partial charge is 0.488 e. The lowest BCUT2D eigenvalue weighted by Crippen LogP contribution is -2.23. The minimum atomic E-state index is -0.132. The van der Waals surface area contributed by atoms with Crippen molar-refractivity contribution in [2.45, 2.75) is 65.0 Å². The van der Waals surface area contributed by atoms with E-state index in [0.717, 1.165) is 5.75 Å². The van der Waals surface area contributed by atoms with E-state index in [4.69, 9.17) is 4.74 Å². The highest BCUT2D eigenvalue weighted by Gasteiger charge is 2.16.